The first-order chi connectivity index (χ1) is 6.56. The van der Waals surface area contributed by atoms with Gasteiger partial charge in [-0.3, -0.25) is 4.39 Å². The van der Waals surface area contributed by atoms with Crippen LogP contribution in [0.3, 0.4) is 0 Å². The summed E-state index contributed by atoms with van der Waals surface area (Å²) in [4.78, 5) is 0. The largest absolute Gasteiger partial charge is 1.00 e. The molecule has 0 aliphatic heterocycles. The van der Waals surface area contributed by atoms with E-state index in [0.717, 1.165) is 32.1 Å². The number of unbranched alkanes of at least 4 members (excludes halogenated alkanes) is 6. The van der Waals surface area contributed by atoms with Gasteiger partial charge in [-0.1, -0.05) is 32.1 Å². The zero-order valence-electron chi connectivity index (χ0n) is 9.37. The Balaban J connectivity index is 0. The van der Waals surface area contributed by atoms with Crippen LogP contribution < -0.4 is 51.4 Å². The van der Waals surface area contributed by atoms with Gasteiger partial charge in [0.25, 0.3) is 0 Å². The Morgan fingerprint density at radius 1 is 0.867 bits per heavy atom. The number of halogens is 1. The number of alkyl halides is 1. The van der Waals surface area contributed by atoms with Crippen LogP contribution in [0.2, 0.25) is 0 Å². The van der Waals surface area contributed by atoms with Crippen molar-refractivity contribution in [3.63, 3.8) is 0 Å². The molecule has 0 aliphatic carbocycles. The predicted molar refractivity (Wildman–Crippen MR) is 52.9 cm³/mol. The second-order valence-corrected chi connectivity index (χ2v) is 4.95. The van der Waals surface area contributed by atoms with Gasteiger partial charge in [0.05, 0.1) is 16.8 Å². The third-order valence-electron chi connectivity index (χ3n) is 2.03. The first-order valence-electron chi connectivity index (χ1n) is 5.06. The molecule has 0 aromatic heterocycles. The van der Waals surface area contributed by atoms with Gasteiger partial charge in [0.2, 0.25) is 0 Å². The molecule has 0 amide bonds. The molecule has 0 aromatic rings. The minimum absolute atomic E-state index is 0. The van der Waals surface area contributed by atoms with Crippen molar-refractivity contribution >= 4 is 10.1 Å². The van der Waals surface area contributed by atoms with Gasteiger partial charge in [-0.2, -0.15) is 0 Å². The summed E-state index contributed by atoms with van der Waals surface area (Å²) < 4.78 is 42.3. The molecule has 0 heterocycles. The Bertz CT molecular complexity index is 219. The average Bonchev–Trinajstić information content (AvgIpc) is 2.08. The first kappa shape index (κ1) is 18.8. The predicted octanol–water partition coefficient (Wildman–Crippen LogP) is -0.764. The SMILES string of the molecule is O=S(=O)([O-])CCCCCCCCCF.[K+]. The van der Waals surface area contributed by atoms with Gasteiger partial charge in [0, 0.05) is 5.75 Å². The van der Waals surface area contributed by atoms with Crippen LogP contribution in [-0.4, -0.2) is 25.4 Å². The fraction of sp³-hybridized carbons (Fsp3) is 1.00. The van der Waals surface area contributed by atoms with Gasteiger partial charge in [-0.15, -0.1) is 0 Å². The van der Waals surface area contributed by atoms with Gasteiger partial charge in [-0.25, -0.2) is 8.42 Å². The molecule has 0 aliphatic rings. The van der Waals surface area contributed by atoms with Gasteiger partial charge < -0.3 is 4.55 Å². The molecule has 6 heteroatoms. The Morgan fingerprint density at radius 2 is 1.27 bits per heavy atom. The topological polar surface area (TPSA) is 57.2 Å². The number of rotatable bonds is 9. The summed E-state index contributed by atoms with van der Waals surface area (Å²) >= 11 is 0. The second kappa shape index (κ2) is 11.9. The Hall–Kier alpha value is 1.48. The second-order valence-electron chi connectivity index (χ2n) is 3.43. The van der Waals surface area contributed by atoms with Crippen LogP contribution in [0.4, 0.5) is 4.39 Å². The molecule has 15 heavy (non-hydrogen) atoms. The van der Waals surface area contributed by atoms with E-state index in [0.29, 0.717) is 12.8 Å². The van der Waals surface area contributed by atoms with E-state index in [1.165, 1.54) is 0 Å². The molecular weight excluding hydrogens is 246 g/mol. The molecule has 0 saturated carbocycles. The molecular formula is C9H18FKO3S. The van der Waals surface area contributed by atoms with Crippen LogP contribution in [0.15, 0.2) is 0 Å². The van der Waals surface area contributed by atoms with Crippen LogP contribution in [0.5, 0.6) is 0 Å². The molecule has 0 saturated heterocycles. The third-order valence-corrected chi connectivity index (χ3v) is 2.82. The zero-order chi connectivity index (χ0) is 10.9. The minimum Gasteiger partial charge on any atom is -0.748 e. The van der Waals surface area contributed by atoms with E-state index < -0.39 is 10.1 Å². The fourth-order valence-electron chi connectivity index (χ4n) is 1.26. The normalized spacial score (nSPS) is 11.1. The molecule has 0 aromatic carbocycles. The van der Waals surface area contributed by atoms with Crippen molar-refractivity contribution in [1.82, 2.24) is 0 Å². The summed E-state index contributed by atoms with van der Waals surface area (Å²) in [6.45, 7) is -0.256. The molecule has 3 nitrogen and oxygen atoms in total. The van der Waals surface area contributed by atoms with Crippen LogP contribution >= 0.6 is 0 Å². The van der Waals surface area contributed by atoms with E-state index in [1.807, 2.05) is 0 Å². The molecule has 0 fully saturated rings. The van der Waals surface area contributed by atoms with Gasteiger partial charge in [0.15, 0.2) is 0 Å². The molecule has 0 rings (SSSR count). The van der Waals surface area contributed by atoms with Crippen LogP contribution in [-0.2, 0) is 10.1 Å². The standard InChI is InChI=1S/C9H19FO3S.K/c10-8-6-4-2-1-3-5-7-9-14(11,12)13;/h1-9H2,(H,11,12,13);/q;+1/p-1. The van der Waals surface area contributed by atoms with E-state index in [-0.39, 0.29) is 63.8 Å². The number of hydrogen-bond donors (Lipinski definition) is 0. The van der Waals surface area contributed by atoms with Gasteiger partial charge in [0.1, 0.15) is 0 Å². The van der Waals surface area contributed by atoms with E-state index in [2.05, 4.69) is 0 Å². The van der Waals surface area contributed by atoms with E-state index in [9.17, 15) is 17.4 Å². The van der Waals surface area contributed by atoms with Gasteiger partial charge >= 0.3 is 51.4 Å². The molecule has 86 valence electrons. The zero-order valence-corrected chi connectivity index (χ0v) is 13.3. The summed E-state index contributed by atoms with van der Waals surface area (Å²) in [7, 11) is -4.03. The van der Waals surface area contributed by atoms with E-state index in [4.69, 9.17) is 0 Å². The monoisotopic (exact) mass is 264 g/mol. The maximum Gasteiger partial charge on any atom is 1.00 e. The van der Waals surface area contributed by atoms with Crippen LogP contribution in [0.25, 0.3) is 0 Å². The summed E-state index contributed by atoms with van der Waals surface area (Å²) in [6, 6.07) is 0. The summed E-state index contributed by atoms with van der Waals surface area (Å²) in [6.07, 6.45) is 5.67. The Morgan fingerprint density at radius 3 is 1.67 bits per heavy atom. The maximum atomic E-state index is 11.7. The number of hydrogen-bond acceptors (Lipinski definition) is 3. The van der Waals surface area contributed by atoms with Crippen molar-refractivity contribution in [2.45, 2.75) is 44.9 Å². The van der Waals surface area contributed by atoms with Crippen LogP contribution in [0, 0.1) is 0 Å². The fourth-order valence-corrected chi connectivity index (χ4v) is 1.81. The third kappa shape index (κ3) is 18.1. The smallest absolute Gasteiger partial charge is 0.748 e. The maximum absolute atomic E-state index is 11.7. The van der Waals surface area contributed by atoms with E-state index in [1.54, 1.807) is 0 Å². The summed E-state index contributed by atoms with van der Waals surface area (Å²) in [5.41, 5.74) is 0. The molecule has 0 unspecified atom stereocenters. The van der Waals surface area contributed by atoms with E-state index >= 15 is 0 Å². The summed E-state index contributed by atoms with van der Waals surface area (Å²) in [5, 5.41) is 0. The molecule has 0 N–H and O–H groups in total. The Labute approximate surface area is 134 Å². The molecule has 0 radical (unpaired) electrons. The Kier molecular flexibility index (Phi) is 15.0. The molecule has 0 atom stereocenters. The molecule has 0 spiro atoms. The molecule has 0 bridgehead atoms. The quantitative estimate of drug-likeness (QED) is 0.312. The van der Waals surface area contributed by atoms with Crippen molar-refractivity contribution in [3.05, 3.63) is 0 Å². The van der Waals surface area contributed by atoms with Crippen molar-refractivity contribution in [2.24, 2.45) is 0 Å². The van der Waals surface area contributed by atoms with Crippen molar-refractivity contribution < 1.29 is 68.7 Å². The minimum atomic E-state index is -4.03. The summed E-state index contributed by atoms with van der Waals surface area (Å²) in [5.74, 6) is -0.252. The average molecular weight is 264 g/mol. The van der Waals surface area contributed by atoms with Crippen molar-refractivity contribution in [3.8, 4) is 0 Å². The van der Waals surface area contributed by atoms with Gasteiger partial charge in [-0.05, 0) is 12.8 Å². The first-order valence-corrected chi connectivity index (χ1v) is 6.63. The van der Waals surface area contributed by atoms with Crippen molar-refractivity contribution in [1.29, 1.82) is 0 Å². The van der Waals surface area contributed by atoms with Crippen molar-refractivity contribution in [2.75, 3.05) is 12.4 Å². The van der Waals surface area contributed by atoms with Crippen LogP contribution in [0.1, 0.15) is 44.9 Å².